The van der Waals surface area contributed by atoms with E-state index >= 15 is 0 Å². The molecule has 1 heterocycles. The minimum Gasteiger partial charge on any atom is -0.388 e. The number of benzene rings is 1. The summed E-state index contributed by atoms with van der Waals surface area (Å²) in [5.41, 5.74) is -0.750. The van der Waals surface area contributed by atoms with Crippen molar-refractivity contribution in [2.45, 2.75) is 32.5 Å². The van der Waals surface area contributed by atoms with Crippen molar-refractivity contribution in [2.24, 2.45) is 5.92 Å². The largest absolute Gasteiger partial charge is 0.418 e. The SMILES string of the molecule is CNc1ccc(C(=O)N2CC(C)CC2C)cc1C(F)(F)F. The highest BCUT2D eigenvalue weighted by atomic mass is 19.4. The van der Waals surface area contributed by atoms with Crippen molar-refractivity contribution in [3.63, 3.8) is 0 Å². The average molecular weight is 300 g/mol. The van der Waals surface area contributed by atoms with Crippen molar-refractivity contribution in [1.82, 2.24) is 4.90 Å². The lowest BCUT2D eigenvalue weighted by atomic mass is 10.1. The number of hydrogen-bond donors (Lipinski definition) is 1. The Kier molecular flexibility index (Phi) is 4.16. The van der Waals surface area contributed by atoms with E-state index in [1.165, 1.54) is 19.2 Å². The van der Waals surface area contributed by atoms with E-state index in [2.05, 4.69) is 5.32 Å². The number of anilines is 1. The first-order chi connectivity index (χ1) is 9.74. The maximum absolute atomic E-state index is 13.0. The van der Waals surface area contributed by atoms with Crippen molar-refractivity contribution in [2.75, 3.05) is 18.9 Å². The molecule has 0 bridgehead atoms. The fourth-order valence-corrected chi connectivity index (χ4v) is 2.88. The van der Waals surface area contributed by atoms with Gasteiger partial charge in [0.2, 0.25) is 0 Å². The molecule has 1 aliphatic heterocycles. The lowest BCUT2D eigenvalue weighted by Crippen LogP contribution is -2.34. The summed E-state index contributed by atoms with van der Waals surface area (Å²) in [6, 6.07) is 3.74. The number of carbonyl (C=O) groups is 1. The first-order valence-electron chi connectivity index (χ1n) is 6.94. The van der Waals surface area contributed by atoms with Crippen molar-refractivity contribution < 1.29 is 18.0 Å². The van der Waals surface area contributed by atoms with Crippen LogP contribution < -0.4 is 5.32 Å². The molecule has 1 aliphatic rings. The third-order valence-corrected chi connectivity index (χ3v) is 3.89. The van der Waals surface area contributed by atoms with Gasteiger partial charge in [0, 0.05) is 30.9 Å². The molecule has 0 spiro atoms. The first-order valence-corrected chi connectivity index (χ1v) is 6.94. The Hall–Kier alpha value is -1.72. The Morgan fingerprint density at radius 2 is 2.00 bits per heavy atom. The van der Waals surface area contributed by atoms with Gasteiger partial charge in [-0.05, 0) is 37.5 Å². The summed E-state index contributed by atoms with van der Waals surface area (Å²) in [6.45, 7) is 4.55. The highest BCUT2D eigenvalue weighted by Gasteiger charge is 2.36. The maximum Gasteiger partial charge on any atom is 0.418 e. The van der Waals surface area contributed by atoms with E-state index in [1.807, 2.05) is 13.8 Å². The average Bonchev–Trinajstić information content (AvgIpc) is 2.75. The number of carbonyl (C=O) groups excluding carboxylic acids is 1. The van der Waals surface area contributed by atoms with Gasteiger partial charge in [-0.3, -0.25) is 4.79 Å². The highest BCUT2D eigenvalue weighted by Crippen LogP contribution is 2.36. The van der Waals surface area contributed by atoms with Gasteiger partial charge in [0.1, 0.15) is 0 Å². The second-order valence-corrected chi connectivity index (χ2v) is 5.66. The van der Waals surface area contributed by atoms with E-state index in [1.54, 1.807) is 4.90 Å². The molecule has 2 rings (SSSR count). The monoisotopic (exact) mass is 300 g/mol. The van der Waals surface area contributed by atoms with E-state index in [9.17, 15) is 18.0 Å². The standard InChI is InChI=1S/C15H19F3N2O/c1-9-6-10(2)20(8-9)14(21)11-4-5-13(19-3)12(7-11)15(16,17)18/h4-5,7,9-10,19H,6,8H2,1-3H3. The molecule has 1 N–H and O–H groups in total. The van der Waals surface area contributed by atoms with Gasteiger partial charge in [-0.2, -0.15) is 13.2 Å². The van der Waals surface area contributed by atoms with Crippen LogP contribution in [0.4, 0.5) is 18.9 Å². The molecule has 1 saturated heterocycles. The van der Waals surface area contributed by atoms with Crippen LogP contribution in [-0.4, -0.2) is 30.4 Å². The number of nitrogens with one attached hydrogen (secondary N) is 1. The molecule has 0 radical (unpaired) electrons. The van der Waals surface area contributed by atoms with Crippen LogP contribution in [0.25, 0.3) is 0 Å². The molecule has 0 saturated carbocycles. The van der Waals surface area contributed by atoms with Crippen molar-refractivity contribution in [3.05, 3.63) is 29.3 Å². The summed E-state index contributed by atoms with van der Waals surface area (Å²) < 4.78 is 39.1. The lowest BCUT2D eigenvalue weighted by Gasteiger charge is -2.22. The number of hydrogen-bond acceptors (Lipinski definition) is 2. The zero-order valence-electron chi connectivity index (χ0n) is 12.3. The molecule has 3 nitrogen and oxygen atoms in total. The Morgan fingerprint density at radius 3 is 2.48 bits per heavy atom. The number of likely N-dealkylation sites (tertiary alicyclic amines) is 1. The number of alkyl halides is 3. The van der Waals surface area contributed by atoms with Crippen LogP contribution in [0.2, 0.25) is 0 Å². The first kappa shape index (κ1) is 15.7. The van der Waals surface area contributed by atoms with Crippen molar-refractivity contribution >= 4 is 11.6 Å². The van der Waals surface area contributed by atoms with E-state index in [0.717, 1.165) is 12.5 Å². The molecule has 1 fully saturated rings. The highest BCUT2D eigenvalue weighted by molar-refractivity contribution is 5.95. The molecule has 0 aromatic heterocycles. The Morgan fingerprint density at radius 1 is 1.33 bits per heavy atom. The molecule has 6 heteroatoms. The molecule has 116 valence electrons. The molecule has 2 atom stereocenters. The van der Waals surface area contributed by atoms with Crippen LogP contribution >= 0.6 is 0 Å². The predicted octanol–water partition coefficient (Wildman–Crippen LogP) is 3.62. The van der Waals surface area contributed by atoms with Gasteiger partial charge < -0.3 is 10.2 Å². The fraction of sp³-hybridized carbons (Fsp3) is 0.533. The minimum atomic E-state index is -4.49. The predicted molar refractivity (Wildman–Crippen MR) is 75.3 cm³/mol. The lowest BCUT2D eigenvalue weighted by molar-refractivity contribution is -0.136. The number of halogens is 3. The zero-order chi connectivity index (χ0) is 15.8. The summed E-state index contributed by atoms with van der Waals surface area (Å²) in [5.74, 6) is 0.0441. The van der Waals surface area contributed by atoms with Gasteiger partial charge in [-0.1, -0.05) is 6.92 Å². The van der Waals surface area contributed by atoms with E-state index in [-0.39, 0.29) is 23.2 Å². The molecular formula is C15H19F3N2O. The van der Waals surface area contributed by atoms with Crippen LogP contribution in [-0.2, 0) is 6.18 Å². The van der Waals surface area contributed by atoms with E-state index in [4.69, 9.17) is 0 Å². The topological polar surface area (TPSA) is 32.3 Å². The van der Waals surface area contributed by atoms with Gasteiger partial charge in [0.25, 0.3) is 5.91 Å². The van der Waals surface area contributed by atoms with E-state index < -0.39 is 11.7 Å². The molecule has 1 aromatic carbocycles. The number of amides is 1. The van der Waals surface area contributed by atoms with Crippen LogP contribution in [0.3, 0.4) is 0 Å². The third-order valence-electron chi connectivity index (χ3n) is 3.89. The number of nitrogens with zero attached hydrogens (tertiary/aromatic N) is 1. The molecule has 1 amide bonds. The van der Waals surface area contributed by atoms with Gasteiger partial charge >= 0.3 is 6.18 Å². The second kappa shape index (κ2) is 5.58. The van der Waals surface area contributed by atoms with Gasteiger partial charge in [0.05, 0.1) is 5.56 Å². The quantitative estimate of drug-likeness (QED) is 0.905. The zero-order valence-corrected chi connectivity index (χ0v) is 12.3. The normalized spacial score (nSPS) is 22.5. The molecule has 21 heavy (non-hydrogen) atoms. The van der Waals surface area contributed by atoms with Crippen molar-refractivity contribution in [1.29, 1.82) is 0 Å². The van der Waals surface area contributed by atoms with Crippen LogP contribution in [0.5, 0.6) is 0 Å². The van der Waals surface area contributed by atoms with Gasteiger partial charge in [0.15, 0.2) is 0 Å². The molecule has 0 aliphatic carbocycles. The number of rotatable bonds is 2. The second-order valence-electron chi connectivity index (χ2n) is 5.66. The van der Waals surface area contributed by atoms with Gasteiger partial charge in [-0.15, -0.1) is 0 Å². The molecule has 2 unspecified atom stereocenters. The Bertz CT molecular complexity index is 542. The van der Waals surface area contributed by atoms with Crippen LogP contribution in [0.15, 0.2) is 18.2 Å². The summed E-state index contributed by atoms with van der Waals surface area (Å²) in [7, 11) is 1.43. The summed E-state index contributed by atoms with van der Waals surface area (Å²) >= 11 is 0. The Labute approximate surface area is 122 Å². The van der Waals surface area contributed by atoms with Crippen LogP contribution in [0, 0.1) is 5.92 Å². The van der Waals surface area contributed by atoms with Crippen LogP contribution in [0.1, 0.15) is 36.2 Å². The fourth-order valence-electron chi connectivity index (χ4n) is 2.88. The minimum absolute atomic E-state index is 0.0260. The molecule has 1 aromatic rings. The van der Waals surface area contributed by atoms with Crippen molar-refractivity contribution in [3.8, 4) is 0 Å². The maximum atomic E-state index is 13.0. The molecular weight excluding hydrogens is 281 g/mol. The summed E-state index contributed by atoms with van der Waals surface area (Å²) in [4.78, 5) is 14.1. The Balaban J connectivity index is 2.35. The van der Waals surface area contributed by atoms with Gasteiger partial charge in [-0.25, -0.2) is 0 Å². The van der Waals surface area contributed by atoms with E-state index in [0.29, 0.717) is 12.5 Å². The smallest absolute Gasteiger partial charge is 0.388 e. The third kappa shape index (κ3) is 3.14. The summed E-state index contributed by atoms with van der Waals surface area (Å²) in [6.07, 6.45) is -3.61. The summed E-state index contributed by atoms with van der Waals surface area (Å²) in [5, 5.41) is 2.51.